The molecule has 9 heteroatoms. The molecule has 2 amide bonds. The lowest BCUT2D eigenvalue weighted by atomic mass is 10.1. The summed E-state index contributed by atoms with van der Waals surface area (Å²) in [6, 6.07) is 6.66. The van der Waals surface area contributed by atoms with Crippen molar-refractivity contribution in [3.8, 4) is 0 Å². The minimum Gasteiger partial charge on any atom is -0.337 e. The lowest BCUT2D eigenvalue weighted by molar-refractivity contribution is 0.244. The normalized spacial score (nSPS) is 20.9. The molecule has 1 saturated heterocycles. The Hall–Kier alpha value is -1.61. The smallest absolute Gasteiger partial charge is 0.328 e. The minimum atomic E-state index is -3.91. The standard InChI is InChI=1S/C12H16N2O5S2/c15-12(13-8-10-6-7-20(16,17)9-10)14-21(18,19)11-4-2-1-3-5-11/h1-5,10H,6-9H2,(H2,13,14,15). The lowest BCUT2D eigenvalue weighted by Gasteiger charge is -2.11. The Labute approximate surface area is 123 Å². The number of rotatable bonds is 4. The van der Waals surface area contributed by atoms with Gasteiger partial charge in [0.05, 0.1) is 16.4 Å². The van der Waals surface area contributed by atoms with E-state index in [-0.39, 0.29) is 28.9 Å². The zero-order valence-corrected chi connectivity index (χ0v) is 12.8. The van der Waals surface area contributed by atoms with E-state index in [1.165, 1.54) is 12.1 Å². The molecule has 1 atom stereocenters. The molecular weight excluding hydrogens is 316 g/mol. The molecule has 0 saturated carbocycles. The first-order valence-electron chi connectivity index (χ1n) is 6.35. The molecule has 2 N–H and O–H groups in total. The first-order valence-corrected chi connectivity index (χ1v) is 9.65. The van der Waals surface area contributed by atoms with Gasteiger partial charge in [0, 0.05) is 6.54 Å². The van der Waals surface area contributed by atoms with Crippen LogP contribution in [0.15, 0.2) is 35.2 Å². The first-order chi connectivity index (χ1) is 9.78. The molecule has 1 unspecified atom stereocenters. The summed E-state index contributed by atoms with van der Waals surface area (Å²) < 4.78 is 48.2. The van der Waals surface area contributed by atoms with Gasteiger partial charge < -0.3 is 5.32 Å². The van der Waals surface area contributed by atoms with Crippen LogP contribution in [0, 0.1) is 5.92 Å². The largest absolute Gasteiger partial charge is 0.337 e. The second kappa shape index (κ2) is 6.02. The fraction of sp³-hybridized carbons (Fsp3) is 0.417. The summed E-state index contributed by atoms with van der Waals surface area (Å²) in [6.07, 6.45) is 0.480. The maximum absolute atomic E-state index is 11.9. The minimum absolute atomic E-state index is 0.0106. The molecule has 0 radical (unpaired) electrons. The fourth-order valence-electron chi connectivity index (χ4n) is 2.09. The SMILES string of the molecule is O=C(NCC1CCS(=O)(=O)C1)NS(=O)(=O)c1ccccc1. The lowest BCUT2D eigenvalue weighted by Crippen LogP contribution is -2.41. The average molecular weight is 332 g/mol. The van der Waals surface area contributed by atoms with Gasteiger partial charge in [-0.25, -0.2) is 26.4 Å². The number of urea groups is 1. The zero-order valence-electron chi connectivity index (χ0n) is 11.2. The molecule has 2 rings (SSSR count). The number of sulfone groups is 1. The summed E-state index contributed by atoms with van der Waals surface area (Å²) in [5, 5.41) is 2.39. The number of sulfonamides is 1. The van der Waals surface area contributed by atoms with Crippen LogP contribution in [0.3, 0.4) is 0 Å². The molecule has 7 nitrogen and oxygen atoms in total. The zero-order chi connectivity index (χ0) is 15.5. The van der Waals surface area contributed by atoms with Gasteiger partial charge in [-0.05, 0) is 24.5 Å². The van der Waals surface area contributed by atoms with Crippen LogP contribution >= 0.6 is 0 Å². The predicted molar refractivity (Wildman–Crippen MR) is 76.9 cm³/mol. The number of hydrogen-bond donors (Lipinski definition) is 2. The van der Waals surface area contributed by atoms with E-state index in [1.807, 2.05) is 4.72 Å². The van der Waals surface area contributed by atoms with Crippen LogP contribution in [0.2, 0.25) is 0 Å². The molecule has 0 bridgehead atoms. The quantitative estimate of drug-likeness (QED) is 0.813. The van der Waals surface area contributed by atoms with Crippen molar-refractivity contribution in [2.24, 2.45) is 5.92 Å². The van der Waals surface area contributed by atoms with Gasteiger partial charge in [0.1, 0.15) is 0 Å². The molecule has 1 aromatic rings. The summed E-state index contributed by atoms with van der Waals surface area (Å²) in [5.41, 5.74) is 0. The Bertz CT molecular complexity index is 713. The molecule has 1 aliphatic heterocycles. The van der Waals surface area contributed by atoms with Crippen molar-refractivity contribution in [2.45, 2.75) is 11.3 Å². The van der Waals surface area contributed by atoms with Gasteiger partial charge in [-0.15, -0.1) is 0 Å². The predicted octanol–water partition coefficient (Wildman–Crippen LogP) is 0.109. The fourth-order valence-corrected chi connectivity index (χ4v) is 4.90. The second-order valence-electron chi connectivity index (χ2n) is 4.90. The first kappa shape index (κ1) is 15.8. The monoisotopic (exact) mass is 332 g/mol. The highest BCUT2D eigenvalue weighted by atomic mass is 32.2. The van der Waals surface area contributed by atoms with E-state index >= 15 is 0 Å². The van der Waals surface area contributed by atoms with Crippen LogP contribution in [0.4, 0.5) is 4.79 Å². The van der Waals surface area contributed by atoms with Gasteiger partial charge in [0.2, 0.25) is 0 Å². The van der Waals surface area contributed by atoms with Gasteiger partial charge in [0.25, 0.3) is 10.0 Å². The average Bonchev–Trinajstić information content (AvgIpc) is 2.77. The number of hydrogen-bond acceptors (Lipinski definition) is 5. The van der Waals surface area contributed by atoms with Crippen LogP contribution in [0.1, 0.15) is 6.42 Å². The van der Waals surface area contributed by atoms with Gasteiger partial charge in [-0.2, -0.15) is 0 Å². The molecule has 0 aromatic heterocycles. The third-order valence-corrected chi connectivity index (χ3v) is 6.34. The van der Waals surface area contributed by atoms with E-state index in [0.717, 1.165) is 0 Å². The molecule has 21 heavy (non-hydrogen) atoms. The number of benzene rings is 1. The van der Waals surface area contributed by atoms with Crippen molar-refractivity contribution in [3.63, 3.8) is 0 Å². The van der Waals surface area contributed by atoms with Crippen LogP contribution in [0.25, 0.3) is 0 Å². The Balaban J connectivity index is 1.88. The Morgan fingerprint density at radius 1 is 1.24 bits per heavy atom. The van der Waals surface area contributed by atoms with Crippen LogP contribution in [-0.2, 0) is 19.9 Å². The van der Waals surface area contributed by atoms with Crippen molar-refractivity contribution in [1.82, 2.24) is 10.0 Å². The number of nitrogens with one attached hydrogen (secondary N) is 2. The molecule has 116 valence electrons. The van der Waals surface area contributed by atoms with E-state index in [2.05, 4.69) is 5.32 Å². The van der Waals surface area contributed by atoms with E-state index in [1.54, 1.807) is 18.2 Å². The molecule has 1 fully saturated rings. The van der Waals surface area contributed by atoms with Crippen molar-refractivity contribution in [1.29, 1.82) is 0 Å². The van der Waals surface area contributed by atoms with Gasteiger partial charge in [0.15, 0.2) is 9.84 Å². The van der Waals surface area contributed by atoms with Crippen molar-refractivity contribution in [2.75, 3.05) is 18.1 Å². The molecular formula is C12H16N2O5S2. The molecule has 0 spiro atoms. The highest BCUT2D eigenvalue weighted by Gasteiger charge is 2.28. The third kappa shape index (κ3) is 4.43. The van der Waals surface area contributed by atoms with E-state index < -0.39 is 25.9 Å². The third-order valence-electron chi connectivity index (χ3n) is 3.16. The summed E-state index contributed by atoms with van der Waals surface area (Å²) in [4.78, 5) is 11.6. The Morgan fingerprint density at radius 2 is 1.90 bits per heavy atom. The van der Waals surface area contributed by atoms with Crippen molar-refractivity contribution >= 4 is 25.9 Å². The molecule has 1 heterocycles. The van der Waals surface area contributed by atoms with Crippen LogP contribution in [0.5, 0.6) is 0 Å². The number of carbonyl (C=O) groups is 1. The summed E-state index contributed by atoms with van der Waals surface area (Å²) in [7, 11) is -6.92. The topological polar surface area (TPSA) is 109 Å². The van der Waals surface area contributed by atoms with Crippen LogP contribution in [-0.4, -0.2) is 40.9 Å². The maximum Gasteiger partial charge on any atom is 0.328 e. The van der Waals surface area contributed by atoms with E-state index in [0.29, 0.717) is 6.42 Å². The van der Waals surface area contributed by atoms with E-state index in [9.17, 15) is 21.6 Å². The van der Waals surface area contributed by atoms with Gasteiger partial charge in [-0.3, -0.25) is 0 Å². The summed E-state index contributed by atoms with van der Waals surface area (Å²) in [5.74, 6) is -0.0256. The molecule has 0 aliphatic carbocycles. The second-order valence-corrected chi connectivity index (χ2v) is 8.81. The Morgan fingerprint density at radius 3 is 2.48 bits per heavy atom. The summed E-state index contributed by atoms with van der Waals surface area (Å²) in [6.45, 7) is 0.134. The molecule has 1 aromatic carbocycles. The van der Waals surface area contributed by atoms with Crippen molar-refractivity contribution in [3.05, 3.63) is 30.3 Å². The van der Waals surface area contributed by atoms with Gasteiger partial charge in [-0.1, -0.05) is 18.2 Å². The Kier molecular flexibility index (Phi) is 4.52. The summed E-state index contributed by atoms with van der Waals surface area (Å²) >= 11 is 0. The van der Waals surface area contributed by atoms with Crippen molar-refractivity contribution < 1.29 is 21.6 Å². The number of amides is 2. The van der Waals surface area contributed by atoms with E-state index in [4.69, 9.17) is 0 Å². The highest BCUT2D eigenvalue weighted by molar-refractivity contribution is 7.91. The molecule has 1 aliphatic rings. The maximum atomic E-state index is 11.9. The van der Waals surface area contributed by atoms with Gasteiger partial charge >= 0.3 is 6.03 Å². The highest BCUT2D eigenvalue weighted by Crippen LogP contribution is 2.17. The van der Waals surface area contributed by atoms with Crippen LogP contribution < -0.4 is 10.0 Å². The number of carbonyl (C=O) groups excluding carboxylic acids is 1.